The summed E-state index contributed by atoms with van der Waals surface area (Å²) in [6.07, 6.45) is 52.7. The first-order valence-corrected chi connectivity index (χ1v) is 24.5. The predicted molar refractivity (Wildman–Crippen MR) is 242 cm³/mol. The van der Waals surface area contributed by atoms with Gasteiger partial charge >= 0.3 is 17.9 Å². The molecular weight excluding hydrogens is 709 g/mol. The van der Waals surface area contributed by atoms with Gasteiger partial charge in [-0.15, -0.1) is 0 Å². The van der Waals surface area contributed by atoms with Crippen LogP contribution < -0.4 is 0 Å². The second-order valence-electron chi connectivity index (χ2n) is 16.4. The zero-order valence-electron chi connectivity index (χ0n) is 37.9. The molecule has 57 heavy (non-hydrogen) atoms. The van der Waals surface area contributed by atoms with Gasteiger partial charge in [0.25, 0.3) is 0 Å². The number of ether oxygens (including phenoxy) is 3. The molecule has 0 unspecified atom stereocenters. The van der Waals surface area contributed by atoms with E-state index in [9.17, 15) is 14.4 Å². The van der Waals surface area contributed by atoms with Crippen molar-refractivity contribution in [3.8, 4) is 0 Å². The van der Waals surface area contributed by atoms with E-state index in [-0.39, 0.29) is 31.1 Å². The van der Waals surface area contributed by atoms with Crippen molar-refractivity contribution >= 4 is 17.9 Å². The van der Waals surface area contributed by atoms with Gasteiger partial charge in [0.15, 0.2) is 6.10 Å². The van der Waals surface area contributed by atoms with E-state index < -0.39 is 6.10 Å². The maximum absolute atomic E-state index is 12.7. The predicted octanol–water partition coefficient (Wildman–Crippen LogP) is 15.8. The Hall–Kier alpha value is -2.37. The van der Waals surface area contributed by atoms with Gasteiger partial charge in [0.2, 0.25) is 0 Å². The van der Waals surface area contributed by atoms with Gasteiger partial charge in [-0.05, 0) is 57.8 Å². The van der Waals surface area contributed by atoms with Crippen LogP contribution >= 0.6 is 0 Å². The van der Waals surface area contributed by atoms with Gasteiger partial charge in [-0.25, -0.2) is 0 Å². The molecule has 332 valence electrons. The van der Waals surface area contributed by atoms with E-state index in [4.69, 9.17) is 14.2 Å². The molecule has 6 heteroatoms. The quantitative estimate of drug-likeness (QED) is 0.0264. The average Bonchev–Trinajstić information content (AvgIpc) is 3.21. The van der Waals surface area contributed by atoms with E-state index in [0.29, 0.717) is 19.3 Å². The second-order valence-corrected chi connectivity index (χ2v) is 16.4. The lowest BCUT2D eigenvalue weighted by Crippen LogP contribution is -2.30. The van der Waals surface area contributed by atoms with E-state index in [1.807, 2.05) is 0 Å². The van der Waals surface area contributed by atoms with Crippen LogP contribution in [0.25, 0.3) is 0 Å². The number of rotatable bonds is 44. The van der Waals surface area contributed by atoms with Crippen molar-refractivity contribution in [2.45, 2.75) is 258 Å². The number of hydrogen-bond acceptors (Lipinski definition) is 6. The van der Waals surface area contributed by atoms with Gasteiger partial charge in [0.05, 0.1) is 0 Å². The number of allylic oxidation sites excluding steroid dienone is 6. The van der Waals surface area contributed by atoms with E-state index in [2.05, 4.69) is 57.2 Å². The van der Waals surface area contributed by atoms with Crippen molar-refractivity contribution in [3.05, 3.63) is 36.5 Å². The molecule has 0 saturated carbocycles. The summed E-state index contributed by atoms with van der Waals surface area (Å²) in [6.45, 7) is 6.57. The largest absolute Gasteiger partial charge is 0.462 e. The average molecular weight is 801 g/mol. The normalized spacial score (nSPS) is 12.3. The van der Waals surface area contributed by atoms with Crippen molar-refractivity contribution in [3.63, 3.8) is 0 Å². The van der Waals surface area contributed by atoms with Crippen LogP contribution in [0.5, 0.6) is 0 Å². The van der Waals surface area contributed by atoms with Crippen LogP contribution in [-0.4, -0.2) is 37.2 Å². The zero-order chi connectivity index (χ0) is 41.5. The fourth-order valence-corrected chi connectivity index (χ4v) is 6.92. The fourth-order valence-electron chi connectivity index (χ4n) is 6.92. The maximum Gasteiger partial charge on any atom is 0.306 e. The van der Waals surface area contributed by atoms with Crippen molar-refractivity contribution in [2.75, 3.05) is 13.2 Å². The number of carbonyl (C=O) groups is 3. The van der Waals surface area contributed by atoms with Crippen LogP contribution in [0.15, 0.2) is 36.5 Å². The first-order valence-electron chi connectivity index (χ1n) is 24.5. The molecule has 6 nitrogen and oxygen atoms in total. The van der Waals surface area contributed by atoms with Crippen molar-refractivity contribution in [1.29, 1.82) is 0 Å². The Morgan fingerprint density at radius 3 is 1.02 bits per heavy atom. The summed E-state index contributed by atoms with van der Waals surface area (Å²) in [5, 5.41) is 0. The molecule has 0 aliphatic carbocycles. The van der Waals surface area contributed by atoms with Crippen LogP contribution in [0.4, 0.5) is 0 Å². The van der Waals surface area contributed by atoms with Crippen LogP contribution in [-0.2, 0) is 28.6 Å². The van der Waals surface area contributed by atoms with Crippen LogP contribution in [0, 0.1) is 0 Å². The fraction of sp³-hybridized carbons (Fsp3) is 0.824. The molecule has 0 aliphatic rings. The highest BCUT2D eigenvalue weighted by Gasteiger charge is 2.19. The number of unbranched alkanes of at least 4 members (excludes halogenated alkanes) is 27. The number of hydrogen-bond donors (Lipinski definition) is 0. The van der Waals surface area contributed by atoms with Gasteiger partial charge in [-0.2, -0.15) is 0 Å². The first-order chi connectivity index (χ1) is 28.0. The summed E-state index contributed by atoms with van der Waals surface area (Å²) in [6, 6.07) is 0. The monoisotopic (exact) mass is 801 g/mol. The number of esters is 3. The summed E-state index contributed by atoms with van der Waals surface area (Å²) in [7, 11) is 0. The molecule has 0 aromatic rings. The summed E-state index contributed by atoms with van der Waals surface area (Å²) >= 11 is 0. The minimum Gasteiger partial charge on any atom is -0.462 e. The number of carbonyl (C=O) groups excluding carboxylic acids is 3. The third-order valence-corrected chi connectivity index (χ3v) is 10.6. The molecule has 0 fully saturated rings. The minimum absolute atomic E-state index is 0.0807. The zero-order valence-corrected chi connectivity index (χ0v) is 37.9. The van der Waals surface area contributed by atoms with E-state index in [1.165, 1.54) is 141 Å². The lowest BCUT2D eigenvalue weighted by atomic mass is 10.0. The molecule has 0 amide bonds. The Bertz CT molecular complexity index is 969. The lowest BCUT2D eigenvalue weighted by molar-refractivity contribution is -0.167. The molecule has 0 spiro atoms. The Morgan fingerprint density at radius 1 is 0.351 bits per heavy atom. The van der Waals surface area contributed by atoms with E-state index >= 15 is 0 Å². The van der Waals surface area contributed by atoms with Gasteiger partial charge in [-0.3, -0.25) is 14.4 Å². The summed E-state index contributed by atoms with van der Waals surface area (Å²) in [5.41, 5.74) is 0. The smallest absolute Gasteiger partial charge is 0.306 e. The van der Waals surface area contributed by atoms with Crippen LogP contribution in [0.1, 0.15) is 252 Å². The Labute approximate surface area is 353 Å². The van der Waals surface area contributed by atoms with Crippen molar-refractivity contribution in [2.24, 2.45) is 0 Å². The van der Waals surface area contributed by atoms with Crippen LogP contribution in [0.2, 0.25) is 0 Å². The SMILES string of the molecule is CCCCC/C=C\C/C=C\C/C=C\CCCCC(=O)OC[C@@H](COC(=O)CCCCCCCCCCC)OC(=O)CCCCCCCCCCCCCCCCC. The topological polar surface area (TPSA) is 78.9 Å². The first kappa shape index (κ1) is 54.6. The molecule has 0 N–H and O–H groups in total. The molecule has 0 aromatic heterocycles. The van der Waals surface area contributed by atoms with E-state index in [0.717, 1.165) is 70.6 Å². The Morgan fingerprint density at radius 2 is 0.632 bits per heavy atom. The molecular formula is C51H92O6. The van der Waals surface area contributed by atoms with Crippen molar-refractivity contribution < 1.29 is 28.6 Å². The van der Waals surface area contributed by atoms with Gasteiger partial charge in [-0.1, -0.05) is 211 Å². The molecule has 0 rings (SSSR count). The minimum atomic E-state index is -0.780. The summed E-state index contributed by atoms with van der Waals surface area (Å²) < 4.78 is 16.7. The van der Waals surface area contributed by atoms with E-state index in [1.54, 1.807) is 0 Å². The highest BCUT2D eigenvalue weighted by molar-refractivity contribution is 5.71. The van der Waals surface area contributed by atoms with Crippen molar-refractivity contribution in [1.82, 2.24) is 0 Å². The molecule has 0 saturated heterocycles. The standard InChI is InChI=1S/C51H92O6/c1-4-7-10-13-16-19-21-23-25-27-29-32-35-38-41-44-50(53)56-47-48(46-55-49(52)43-40-37-34-31-18-15-12-9-6-3)57-51(54)45-42-39-36-33-30-28-26-24-22-20-17-14-11-8-5-2/h16,19,23,25,29,32,48H,4-15,17-18,20-22,24,26-28,30-31,33-47H2,1-3H3/b19-16-,25-23-,32-29-/t48-/m1/s1. The van der Waals surface area contributed by atoms with Gasteiger partial charge < -0.3 is 14.2 Å². The molecule has 0 heterocycles. The van der Waals surface area contributed by atoms with Gasteiger partial charge in [0, 0.05) is 19.3 Å². The Balaban J connectivity index is 4.38. The highest BCUT2D eigenvalue weighted by atomic mass is 16.6. The molecule has 0 bridgehead atoms. The Kier molecular flexibility index (Phi) is 44.4. The molecule has 0 aromatic carbocycles. The third-order valence-electron chi connectivity index (χ3n) is 10.6. The highest BCUT2D eigenvalue weighted by Crippen LogP contribution is 2.15. The molecule has 0 radical (unpaired) electrons. The van der Waals surface area contributed by atoms with Gasteiger partial charge in [0.1, 0.15) is 13.2 Å². The van der Waals surface area contributed by atoms with Crippen LogP contribution in [0.3, 0.4) is 0 Å². The molecule has 1 atom stereocenters. The molecule has 0 aliphatic heterocycles. The summed E-state index contributed by atoms with van der Waals surface area (Å²) in [5.74, 6) is -0.915. The second kappa shape index (κ2) is 46.3. The lowest BCUT2D eigenvalue weighted by Gasteiger charge is -2.18. The third kappa shape index (κ3) is 44.6. The maximum atomic E-state index is 12.7. The summed E-state index contributed by atoms with van der Waals surface area (Å²) in [4.78, 5) is 37.8.